The number of amides is 2. The summed E-state index contributed by atoms with van der Waals surface area (Å²) in [5.41, 5.74) is 0.956. The predicted molar refractivity (Wildman–Crippen MR) is 116 cm³/mol. The zero-order valence-corrected chi connectivity index (χ0v) is 18.5. The average Bonchev–Trinajstić information content (AvgIpc) is 2.89. The molecule has 27 heavy (non-hydrogen) atoms. The number of carbonyl (C=O) groups excluding carboxylic acids is 2. The molecule has 0 saturated carbocycles. The molecule has 3 rings (SSSR count). The van der Waals surface area contributed by atoms with Crippen molar-refractivity contribution < 1.29 is 14.5 Å². The largest absolute Gasteiger partial charge is 0.334 e. The number of rotatable bonds is 5. The van der Waals surface area contributed by atoms with Gasteiger partial charge in [-0.1, -0.05) is 52.0 Å². The normalized spacial score (nSPS) is 20.0. The van der Waals surface area contributed by atoms with Crippen molar-refractivity contribution in [1.82, 2.24) is 9.80 Å². The molecule has 2 heterocycles. The minimum Gasteiger partial charge on any atom is -0.334 e. The van der Waals surface area contributed by atoms with E-state index in [1.165, 1.54) is 16.7 Å². The van der Waals surface area contributed by atoms with Gasteiger partial charge in [0, 0.05) is 17.4 Å². The molecule has 2 fully saturated rings. The second-order valence-corrected chi connectivity index (χ2v) is 9.42. The van der Waals surface area contributed by atoms with Crippen molar-refractivity contribution in [3.63, 3.8) is 0 Å². The zero-order valence-electron chi connectivity index (χ0n) is 15.2. The first kappa shape index (κ1) is 20.5. The molecule has 0 radical (unpaired) electrons. The topological polar surface area (TPSA) is 45.1 Å². The predicted octanol–water partition coefficient (Wildman–Crippen LogP) is 1.79. The number of thiocarbonyl (C=S) groups is 1. The molecule has 5 nitrogen and oxygen atoms in total. The van der Waals surface area contributed by atoms with Crippen LogP contribution in [0.3, 0.4) is 0 Å². The third-order valence-corrected chi connectivity index (χ3v) is 6.63. The lowest BCUT2D eigenvalue weighted by Gasteiger charge is -2.30. The number of hydrogen-bond acceptors (Lipinski definition) is 4. The number of thioether (sulfide) groups is 1. The van der Waals surface area contributed by atoms with E-state index in [-0.39, 0.29) is 11.8 Å². The second kappa shape index (κ2) is 9.32. The SMILES string of the molecule is C[NH+]1CCN(C(=O)CCCN2C(=O)/C(=C/c3cccc(Br)c3)SC2=S)CC1. The Labute approximate surface area is 177 Å². The van der Waals surface area contributed by atoms with Gasteiger partial charge in [0.05, 0.1) is 38.1 Å². The first-order chi connectivity index (χ1) is 12.9. The van der Waals surface area contributed by atoms with Gasteiger partial charge in [0.2, 0.25) is 5.91 Å². The summed E-state index contributed by atoms with van der Waals surface area (Å²) in [7, 11) is 2.15. The third kappa shape index (κ3) is 5.40. The highest BCUT2D eigenvalue weighted by atomic mass is 79.9. The van der Waals surface area contributed by atoms with Gasteiger partial charge in [0.25, 0.3) is 5.91 Å². The van der Waals surface area contributed by atoms with E-state index in [4.69, 9.17) is 12.2 Å². The Morgan fingerprint density at radius 2 is 2.11 bits per heavy atom. The number of likely N-dealkylation sites (N-methyl/N-ethyl adjacent to an activating group) is 1. The first-order valence-corrected chi connectivity index (χ1v) is 11.1. The molecule has 1 aromatic carbocycles. The Hall–Kier alpha value is -1.22. The molecule has 0 spiro atoms. The number of nitrogens with one attached hydrogen (secondary N) is 1. The van der Waals surface area contributed by atoms with Crippen LogP contribution >= 0.6 is 39.9 Å². The van der Waals surface area contributed by atoms with Crippen molar-refractivity contribution in [2.75, 3.05) is 39.8 Å². The summed E-state index contributed by atoms with van der Waals surface area (Å²) in [4.78, 5) is 30.6. The molecule has 0 bridgehead atoms. The Balaban J connectivity index is 1.52. The maximum absolute atomic E-state index is 12.7. The number of benzene rings is 1. The Morgan fingerprint density at radius 3 is 2.81 bits per heavy atom. The minimum atomic E-state index is -0.0689. The van der Waals surface area contributed by atoms with E-state index in [2.05, 4.69) is 23.0 Å². The summed E-state index contributed by atoms with van der Waals surface area (Å²) >= 11 is 10.1. The number of quaternary nitrogens is 1. The highest BCUT2D eigenvalue weighted by molar-refractivity contribution is 9.10. The van der Waals surface area contributed by atoms with Crippen molar-refractivity contribution in [3.05, 3.63) is 39.2 Å². The molecule has 0 aliphatic carbocycles. The van der Waals surface area contributed by atoms with E-state index < -0.39 is 0 Å². The molecule has 2 amide bonds. The standard InChI is InChI=1S/C19H22BrN3O2S2/c1-21-8-10-22(11-9-21)17(24)6-3-7-23-18(25)16(27-19(23)26)13-14-4-2-5-15(20)12-14/h2,4-5,12-13H,3,6-11H2,1H3/p+1/b16-13-. The van der Waals surface area contributed by atoms with Crippen LogP contribution < -0.4 is 4.90 Å². The van der Waals surface area contributed by atoms with Gasteiger partial charge in [-0.25, -0.2) is 0 Å². The van der Waals surface area contributed by atoms with Crippen LogP contribution in [0.5, 0.6) is 0 Å². The molecular weight excluding hydrogens is 446 g/mol. The highest BCUT2D eigenvalue weighted by Gasteiger charge is 2.32. The quantitative estimate of drug-likeness (QED) is 0.528. The number of carbonyl (C=O) groups is 2. The summed E-state index contributed by atoms with van der Waals surface area (Å²) in [5, 5.41) is 0. The lowest BCUT2D eigenvalue weighted by atomic mass is 10.2. The summed E-state index contributed by atoms with van der Waals surface area (Å²) in [5.74, 6) is 0.109. The molecule has 0 aromatic heterocycles. The minimum absolute atomic E-state index is 0.0689. The summed E-state index contributed by atoms with van der Waals surface area (Å²) in [6, 6.07) is 7.79. The molecule has 2 aliphatic rings. The fourth-order valence-corrected chi connectivity index (χ4v) is 4.85. The Bertz CT molecular complexity index is 776. The van der Waals surface area contributed by atoms with Gasteiger partial charge < -0.3 is 9.80 Å². The molecule has 2 saturated heterocycles. The lowest BCUT2D eigenvalue weighted by molar-refractivity contribution is -0.883. The van der Waals surface area contributed by atoms with Crippen molar-refractivity contribution in [3.8, 4) is 0 Å². The molecule has 8 heteroatoms. The first-order valence-electron chi connectivity index (χ1n) is 9.04. The van der Waals surface area contributed by atoms with E-state index in [1.807, 2.05) is 35.2 Å². The molecular formula is C19H23BrN3O2S2+. The summed E-state index contributed by atoms with van der Waals surface area (Å²) < 4.78 is 1.53. The van der Waals surface area contributed by atoms with Gasteiger partial charge >= 0.3 is 0 Å². The van der Waals surface area contributed by atoms with Crippen molar-refractivity contribution in [2.24, 2.45) is 0 Å². The van der Waals surface area contributed by atoms with Crippen LogP contribution in [0, 0.1) is 0 Å². The van der Waals surface area contributed by atoms with E-state index in [1.54, 1.807) is 4.90 Å². The summed E-state index contributed by atoms with van der Waals surface area (Å²) in [6.45, 7) is 4.13. The number of hydrogen-bond donors (Lipinski definition) is 1. The van der Waals surface area contributed by atoms with E-state index in [0.29, 0.717) is 28.6 Å². The zero-order chi connectivity index (χ0) is 19.4. The van der Waals surface area contributed by atoms with Crippen molar-refractivity contribution in [2.45, 2.75) is 12.8 Å². The van der Waals surface area contributed by atoms with Crippen LogP contribution in [0.2, 0.25) is 0 Å². The van der Waals surface area contributed by atoms with Gasteiger partial charge in [0.15, 0.2) is 0 Å². The number of piperazine rings is 1. The molecule has 1 aromatic rings. The number of halogens is 1. The molecule has 1 N–H and O–H groups in total. The van der Waals surface area contributed by atoms with Crippen LogP contribution in [-0.2, 0) is 9.59 Å². The third-order valence-electron chi connectivity index (χ3n) is 4.76. The van der Waals surface area contributed by atoms with Gasteiger partial charge in [-0.15, -0.1) is 0 Å². The van der Waals surface area contributed by atoms with E-state index in [9.17, 15) is 9.59 Å². The van der Waals surface area contributed by atoms with Crippen LogP contribution in [0.15, 0.2) is 33.6 Å². The smallest absolute Gasteiger partial charge is 0.266 e. The maximum Gasteiger partial charge on any atom is 0.266 e. The fraction of sp³-hybridized carbons (Fsp3) is 0.421. The van der Waals surface area contributed by atoms with E-state index in [0.717, 1.165) is 36.2 Å². The van der Waals surface area contributed by atoms with Crippen molar-refractivity contribution >= 4 is 62.1 Å². The van der Waals surface area contributed by atoms with Crippen LogP contribution in [0.1, 0.15) is 18.4 Å². The molecule has 0 unspecified atom stereocenters. The average molecular weight is 469 g/mol. The van der Waals surface area contributed by atoms with Crippen LogP contribution in [0.4, 0.5) is 0 Å². The monoisotopic (exact) mass is 468 g/mol. The Kier molecular flexibility index (Phi) is 7.08. The highest BCUT2D eigenvalue weighted by Crippen LogP contribution is 2.33. The fourth-order valence-electron chi connectivity index (χ4n) is 3.12. The van der Waals surface area contributed by atoms with Gasteiger partial charge in [0.1, 0.15) is 4.32 Å². The van der Waals surface area contributed by atoms with Crippen molar-refractivity contribution in [1.29, 1.82) is 0 Å². The molecule has 0 atom stereocenters. The van der Waals surface area contributed by atoms with Gasteiger partial charge in [-0.2, -0.15) is 0 Å². The van der Waals surface area contributed by atoms with Gasteiger partial charge in [-0.3, -0.25) is 14.5 Å². The Morgan fingerprint density at radius 1 is 1.37 bits per heavy atom. The molecule has 144 valence electrons. The van der Waals surface area contributed by atoms with Crippen LogP contribution in [0.25, 0.3) is 6.08 Å². The molecule has 2 aliphatic heterocycles. The summed E-state index contributed by atoms with van der Waals surface area (Å²) in [6.07, 6.45) is 2.96. The lowest BCUT2D eigenvalue weighted by Crippen LogP contribution is -3.12. The maximum atomic E-state index is 12.7. The van der Waals surface area contributed by atoms with E-state index >= 15 is 0 Å². The number of nitrogens with zero attached hydrogens (tertiary/aromatic N) is 2. The second-order valence-electron chi connectivity index (χ2n) is 6.83. The van der Waals surface area contributed by atoms with Gasteiger partial charge in [-0.05, 0) is 30.2 Å². The van der Waals surface area contributed by atoms with Crippen LogP contribution in [-0.4, -0.2) is 65.7 Å².